The number of hydrogen-bond acceptors (Lipinski definition) is 6. The summed E-state index contributed by atoms with van der Waals surface area (Å²) in [6, 6.07) is 11.6. The van der Waals surface area contributed by atoms with Gasteiger partial charge < -0.3 is 10.1 Å². The number of nitro groups is 1. The van der Waals surface area contributed by atoms with Crippen LogP contribution in [-0.4, -0.2) is 42.4 Å². The number of carbonyl (C=O) groups excluding carboxylic acids is 1. The molecule has 0 bridgehead atoms. The van der Waals surface area contributed by atoms with Crippen molar-refractivity contribution in [2.24, 2.45) is 0 Å². The largest absolute Gasteiger partial charge is 0.445 e. The monoisotopic (exact) mass is 493 g/mol. The lowest BCUT2D eigenvalue weighted by Gasteiger charge is -2.08. The SMILES string of the molecule is C=C[C@@H]1[C@H](CCCCNC(=O)OCc2ccccc2Cl)N1S(=O)(=O)c1ccccc1[N+](=O)[O-]. The highest BCUT2D eigenvalue weighted by Gasteiger charge is 2.54. The Kier molecular flexibility index (Phi) is 8.06. The number of nitrogens with zero attached hydrogens (tertiary/aromatic N) is 2. The van der Waals surface area contributed by atoms with Gasteiger partial charge in [-0.1, -0.05) is 54.4 Å². The number of unbranched alkanes of at least 4 members (excludes halogenated alkanes) is 1. The van der Waals surface area contributed by atoms with Gasteiger partial charge in [0.15, 0.2) is 4.90 Å². The number of para-hydroxylation sites is 1. The number of carbonyl (C=O) groups is 1. The third kappa shape index (κ3) is 5.89. The van der Waals surface area contributed by atoms with E-state index in [0.717, 1.165) is 0 Å². The maximum absolute atomic E-state index is 13.0. The van der Waals surface area contributed by atoms with Crippen molar-refractivity contribution in [3.05, 3.63) is 81.9 Å². The van der Waals surface area contributed by atoms with E-state index in [1.807, 2.05) is 0 Å². The smallest absolute Gasteiger partial charge is 0.407 e. The number of benzene rings is 2. The van der Waals surface area contributed by atoms with Crippen LogP contribution in [0.3, 0.4) is 0 Å². The van der Waals surface area contributed by atoms with Crippen LogP contribution in [-0.2, 0) is 21.4 Å². The first-order valence-corrected chi connectivity index (χ1v) is 12.1. The number of nitrogens with one attached hydrogen (secondary N) is 1. The van der Waals surface area contributed by atoms with Gasteiger partial charge in [-0.05, 0) is 25.0 Å². The van der Waals surface area contributed by atoms with Crippen molar-refractivity contribution in [2.45, 2.75) is 42.8 Å². The summed E-state index contributed by atoms with van der Waals surface area (Å²) in [5.41, 5.74) is 0.254. The predicted octanol–water partition coefficient (Wildman–Crippen LogP) is 4.27. The zero-order valence-electron chi connectivity index (χ0n) is 17.7. The van der Waals surface area contributed by atoms with Crippen molar-refractivity contribution in [1.82, 2.24) is 9.62 Å². The van der Waals surface area contributed by atoms with Gasteiger partial charge in [-0.2, -0.15) is 4.31 Å². The van der Waals surface area contributed by atoms with E-state index in [0.29, 0.717) is 36.4 Å². The summed E-state index contributed by atoms with van der Waals surface area (Å²) >= 11 is 6.02. The Hall–Kier alpha value is -2.95. The van der Waals surface area contributed by atoms with Gasteiger partial charge in [0.25, 0.3) is 15.7 Å². The minimum Gasteiger partial charge on any atom is -0.445 e. The first-order chi connectivity index (χ1) is 15.8. The standard InChI is InChI=1S/C22H24ClN3O6S/c1-2-18-19(25(18)33(30,31)21-13-6-5-12-20(21)26(28)29)11-7-8-14-24-22(27)32-15-16-9-3-4-10-17(16)23/h2-6,9-10,12-13,18-19H,1,7-8,11,14-15H2,(H,24,27)/t18-,19+,25?/m1/s1. The van der Waals surface area contributed by atoms with Crippen LogP contribution in [0.15, 0.2) is 66.1 Å². The number of sulfonamides is 1. The van der Waals surface area contributed by atoms with Gasteiger partial charge in [-0.25, -0.2) is 13.2 Å². The highest BCUT2D eigenvalue weighted by molar-refractivity contribution is 7.89. The molecule has 1 saturated heterocycles. The number of ether oxygens (including phenoxy) is 1. The molecule has 0 aromatic heterocycles. The van der Waals surface area contributed by atoms with E-state index in [2.05, 4.69) is 11.9 Å². The summed E-state index contributed by atoms with van der Waals surface area (Å²) in [5.74, 6) is 0. The summed E-state index contributed by atoms with van der Waals surface area (Å²) < 4.78 is 32.3. The maximum Gasteiger partial charge on any atom is 0.407 e. The molecule has 33 heavy (non-hydrogen) atoms. The van der Waals surface area contributed by atoms with Crippen LogP contribution in [0.5, 0.6) is 0 Å². The lowest BCUT2D eigenvalue weighted by Crippen LogP contribution is -2.25. The van der Waals surface area contributed by atoms with Gasteiger partial charge in [0, 0.05) is 29.2 Å². The third-order valence-electron chi connectivity index (χ3n) is 5.30. The molecule has 2 aromatic rings. The van der Waals surface area contributed by atoms with Crippen LogP contribution in [0, 0.1) is 10.1 Å². The van der Waals surface area contributed by atoms with E-state index < -0.39 is 32.8 Å². The van der Waals surface area contributed by atoms with Crippen molar-refractivity contribution in [2.75, 3.05) is 6.54 Å². The Morgan fingerprint density at radius 3 is 2.61 bits per heavy atom. The minimum absolute atomic E-state index is 0.0625. The fraction of sp³-hybridized carbons (Fsp3) is 0.318. The van der Waals surface area contributed by atoms with Crippen LogP contribution >= 0.6 is 11.6 Å². The zero-order valence-corrected chi connectivity index (χ0v) is 19.3. The molecule has 1 heterocycles. The summed E-state index contributed by atoms with van der Waals surface area (Å²) in [7, 11) is -4.03. The summed E-state index contributed by atoms with van der Waals surface area (Å²) in [6.07, 6.45) is 2.75. The Labute approximate surface area is 197 Å². The van der Waals surface area contributed by atoms with Crippen LogP contribution in [0.2, 0.25) is 5.02 Å². The molecule has 2 aromatic carbocycles. The van der Waals surface area contributed by atoms with Crippen molar-refractivity contribution in [1.29, 1.82) is 0 Å². The van der Waals surface area contributed by atoms with E-state index in [1.54, 1.807) is 24.3 Å². The average Bonchev–Trinajstić information content (AvgIpc) is 3.52. The summed E-state index contributed by atoms with van der Waals surface area (Å²) in [5, 5.41) is 14.4. The topological polar surface area (TPSA) is 119 Å². The fourth-order valence-electron chi connectivity index (χ4n) is 3.59. The van der Waals surface area contributed by atoms with Gasteiger partial charge in [-0.15, -0.1) is 6.58 Å². The normalized spacial score (nSPS) is 19.5. The predicted molar refractivity (Wildman–Crippen MR) is 123 cm³/mol. The summed E-state index contributed by atoms with van der Waals surface area (Å²) in [6.45, 7) is 4.11. The highest BCUT2D eigenvalue weighted by atomic mass is 35.5. The molecule has 3 atom stereocenters. The molecule has 176 valence electrons. The van der Waals surface area contributed by atoms with E-state index in [-0.39, 0.29) is 17.5 Å². The molecule has 9 nitrogen and oxygen atoms in total. The molecule has 0 spiro atoms. The molecule has 0 saturated carbocycles. The first kappa shape index (κ1) is 24.7. The second-order valence-electron chi connectivity index (χ2n) is 7.44. The van der Waals surface area contributed by atoms with E-state index in [9.17, 15) is 23.3 Å². The van der Waals surface area contributed by atoms with Crippen molar-refractivity contribution in [3.8, 4) is 0 Å². The maximum atomic E-state index is 13.0. The molecule has 3 rings (SSSR count). The quantitative estimate of drug-likeness (QED) is 0.164. The minimum atomic E-state index is -4.03. The number of hydrogen-bond donors (Lipinski definition) is 1. The van der Waals surface area contributed by atoms with Gasteiger partial charge in [0.05, 0.1) is 11.0 Å². The molecule has 0 aliphatic carbocycles. The number of nitro benzene ring substituents is 1. The van der Waals surface area contributed by atoms with Gasteiger partial charge >= 0.3 is 6.09 Å². The van der Waals surface area contributed by atoms with E-state index >= 15 is 0 Å². The van der Waals surface area contributed by atoms with Crippen molar-refractivity contribution in [3.63, 3.8) is 0 Å². The Morgan fingerprint density at radius 2 is 1.91 bits per heavy atom. The fourth-order valence-corrected chi connectivity index (χ4v) is 5.75. The summed E-state index contributed by atoms with van der Waals surface area (Å²) in [4.78, 5) is 22.0. The molecule has 11 heteroatoms. The van der Waals surface area contributed by atoms with E-state index in [4.69, 9.17) is 16.3 Å². The average molecular weight is 494 g/mol. The first-order valence-electron chi connectivity index (χ1n) is 10.3. The molecular weight excluding hydrogens is 470 g/mol. The lowest BCUT2D eigenvalue weighted by atomic mass is 10.1. The Morgan fingerprint density at radius 1 is 1.21 bits per heavy atom. The van der Waals surface area contributed by atoms with Crippen LogP contribution in [0.4, 0.5) is 10.5 Å². The number of halogens is 1. The van der Waals surface area contributed by atoms with Gasteiger partial charge in [0.1, 0.15) is 6.61 Å². The van der Waals surface area contributed by atoms with Crippen LogP contribution < -0.4 is 5.32 Å². The number of amides is 1. The third-order valence-corrected chi connectivity index (χ3v) is 7.64. The molecule has 1 fully saturated rings. The van der Waals surface area contributed by atoms with Crippen LogP contribution in [0.25, 0.3) is 0 Å². The molecular formula is C22H24ClN3O6S. The van der Waals surface area contributed by atoms with Gasteiger partial charge in [0.2, 0.25) is 0 Å². The molecule has 1 aliphatic rings. The van der Waals surface area contributed by atoms with E-state index in [1.165, 1.54) is 34.6 Å². The number of rotatable bonds is 11. The Bertz CT molecular complexity index is 1140. The molecule has 1 N–H and O–H groups in total. The highest BCUT2D eigenvalue weighted by Crippen LogP contribution is 2.41. The molecule has 1 unspecified atom stereocenters. The van der Waals surface area contributed by atoms with Gasteiger partial charge in [-0.3, -0.25) is 10.1 Å². The number of alkyl carbamates (subject to hydrolysis) is 1. The second-order valence-corrected chi connectivity index (χ2v) is 9.66. The second kappa shape index (κ2) is 10.8. The molecule has 1 amide bonds. The lowest BCUT2D eigenvalue weighted by molar-refractivity contribution is -0.387. The van der Waals surface area contributed by atoms with Crippen molar-refractivity contribution < 1.29 is 22.9 Å². The van der Waals surface area contributed by atoms with Crippen LogP contribution in [0.1, 0.15) is 24.8 Å². The Balaban J connectivity index is 1.45. The zero-order chi connectivity index (χ0) is 24.0. The molecule has 1 aliphatic heterocycles. The van der Waals surface area contributed by atoms with Crippen molar-refractivity contribution >= 4 is 33.4 Å². The molecule has 0 radical (unpaired) electrons.